The van der Waals surface area contributed by atoms with Crippen molar-refractivity contribution in [2.45, 2.75) is 258 Å². The van der Waals surface area contributed by atoms with Crippen LogP contribution in [0.2, 0.25) is 0 Å². The lowest BCUT2D eigenvalue weighted by molar-refractivity contribution is -0.166. The minimum Gasteiger partial charge on any atom is -0.462 e. The van der Waals surface area contributed by atoms with Gasteiger partial charge in [0.05, 0.1) is 6.42 Å². The lowest BCUT2D eigenvalue weighted by atomic mass is 10.0. The Morgan fingerprint density at radius 2 is 0.729 bits per heavy atom. The number of carbonyl (C=O) groups is 3. The average Bonchev–Trinajstić information content (AvgIpc) is 3.23. The summed E-state index contributed by atoms with van der Waals surface area (Å²) in [6, 6.07) is 0. The summed E-state index contributed by atoms with van der Waals surface area (Å²) < 4.78 is 16.6. The normalized spacial score (nSPS) is 12.4. The Balaban J connectivity index is 4.32. The number of esters is 3. The van der Waals surface area contributed by atoms with E-state index in [1.807, 2.05) is 6.08 Å². The van der Waals surface area contributed by atoms with Crippen molar-refractivity contribution in [1.82, 2.24) is 0 Å². The van der Waals surface area contributed by atoms with Gasteiger partial charge < -0.3 is 14.2 Å². The molecule has 0 rings (SSSR count). The van der Waals surface area contributed by atoms with Crippen LogP contribution in [-0.4, -0.2) is 37.2 Å². The number of rotatable bonds is 45. The lowest BCUT2D eigenvalue weighted by Gasteiger charge is -2.18. The van der Waals surface area contributed by atoms with Crippen molar-refractivity contribution in [2.75, 3.05) is 13.2 Å². The molecule has 59 heavy (non-hydrogen) atoms. The molecule has 1 unspecified atom stereocenters. The minimum absolute atomic E-state index is 0.100. The van der Waals surface area contributed by atoms with E-state index in [1.54, 1.807) is 6.08 Å². The van der Waals surface area contributed by atoms with E-state index in [0.29, 0.717) is 12.8 Å². The first-order valence-corrected chi connectivity index (χ1v) is 25.1. The monoisotopic (exact) mass is 827 g/mol. The zero-order valence-electron chi connectivity index (χ0n) is 39.0. The van der Waals surface area contributed by atoms with Crippen molar-refractivity contribution in [2.24, 2.45) is 0 Å². The molecule has 0 aliphatic carbocycles. The molecule has 1 atom stereocenters. The number of hydrogen-bond donors (Lipinski definition) is 0. The van der Waals surface area contributed by atoms with Crippen LogP contribution >= 0.6 is 0 Å². The van der Waals surface area contributed by atoms with Crippen LogP contribution in [0.4, 0.5) is 0 Å². The highest BCUT2D eigenvalue weighted by Gasteiger charge is 2.19. The van der Waals surface area contributed by atoms with Gasteiger partial charge in [-0.15, -0.1) is 0 Å². The van der Waals surface area contributed by atoms with E-state index in [2.05, 4.69) is 57.2 Å². The van der Waals surface area contributed by atoms with Crippen molar-refractivity contribution in [3.8, 4) is 0 Å². The molecule has 0 fully saturated rings. The van der Waals surface area contributed by atoms with E-state index in [0.717, 1.165) is 57.8 Å². The van der Waals surface area contributed by atoms with Crippen LogP contribution in [-0.2, 0) is 28.6 Å². The van der Waals surface area contributed by atoms with Gasteiger partial charge in [0.15, 0.2) is 6.10 Å². The zero-order chi connectivity index (χ0) is 43.0. The minimum atomic E-state index is -0.805. The van der Waals surface area contributed by atoms with Gasteiger partial charge >= 0.3 is 17.9 Å². The molecule has 6 heteroatoms. The highest BCUT2D eigenvalue weighted by atomic mass is 16.6. The topological polar surface area (TPSA) is 78.9 Å². The maximum absolute atomic E-state index is 12.7. The highest BCUT2D eigenvalue weighted by Crippen LogP contribution is 2.15. The molecule has 0 aliphatic rings. The Hall–Kier alpha value is -2.63. The van der Waals surface area contributed by atoms with Crippen molar-refractivity contribution in [3.63, 3.8) is 0 Å². The van der Waals surface area contributed by atoms with Gasteiger partial charge in [0, 0.05) is 12.8 Å². The molecule has 0 spiro atoms. The molecule has 0 amide bonds. The van der Waals surface area contributed by atoms with E-state index < -0.39 is 12.1 Å². The molecule has 0 saturated heterocycles. The average molecular weight is 827 g/mol. The third-order valence-electron chi connectivity index (χ3n) is 10.9. The third-order valence-corrected chi connectivity index (χ3v) is 10.9. The predicted molar refractivity (Wildman–Crippen MR) is 252 cm³/mol. The van der Waals surface area contributed by atoms with Crippen molar-refractivity contribution >= 4 is 17.9 Å². The number of hydrogen-bond acceptors (Lipinski definition) is 6. The van der Waals surface area contributed by atoms with Gasteiger partial charge in [-0.3, -0.25) is 14.4 Å². The molecule has 6 nitrogen and oxygen atoms in total. The second-order valence-electron chi connectivity index (χ2n) is 16.7. The summed E-state index contributed by atoms with van der Waals surface area (Å²) in [6.07, 6.45) is 57.1. The molecule has 0 heterocycles. The Morgan fingerprint density at radius 1 is 0.373 bits per heavy atom. The predicted octanol–water partition coefficient (Wildman–Crippen LogP) is 16.3. The second-order valence-corrected chi connectivity index (χ2v) is 16.7. The first kappa shape index (κ1) is 56.4. The van der Waals surface area contributed by atoms with Gasteiger partial charge in [-0.05, 0) is 57.8 Å². The molecular formula is C53H94O6. The van der Waals surface area contributed by atoms with Gasteiger partial charge in [0.2, 0.25) is 0 Å². The second kappa shape index (κ2) is 48.0. The Labute approximate surface area is 365 Å². The maximum Gasteiger partial charge on any atom is 0.309 e. The summed E-state index contributed by atoms with van der Waals surface area (Å²) in [6.45, 7) is 6.43. The first-order chi connectivity index (χ1) is 29.0. The van der Waals surface area contributed by atoms with E-state index in [9.17, 15) is 14.4 Å². The van der Waals surface area contributed by atoms with Crippen LogP contribution in [0.25, 0.3) is 0 Å². The van der Waals surface area contributed by atoms with Gasteiger partial charge in [0.1, 0.15) is 13.2 Å². The molecular weight excluding hydrogens is 733 g/mol. The van der Waals surface area contributed by atoms with Gasteiger partial charge in [-0.1, -0.05) is 223 Å². The van der Waals surface area contributed by atoms with Gasteiger partial charge in [0.25, 0.3) is 0 Å². The number of ether oxygens (including phenoxy) is 3. The van der Waals surface area contributed by atoms with Gasteiger partial charge in [-0.2, -0.15) is 0 Å². The molecule has 0 aromatic rings. The zero-order valence-corrected chi connectivity index (χ0v) is 39.0. The molecule has 0 bridgehead atoms. The first-order valence-electron chi connectivity index (χ1n) is 25.1. The largest absolute Gasteiger partial charge is 0.462 e. The molecule has 0 saturated carbocycles. The van der Waals surface area contributed by atoms with Crippen LogP contribution in [0.3, 0.4) is 0 Å². The van der Waals surface area contributed by atoms with Gasteiger partial charge in [-0.25, -0.2) is 0 Å². The van der Waals surface area contributed by atoms with Crippen molar-refractivity contribution in [3.05, 3.63) is 48.6 Å². The fraction of sp³-hybridized carbons (Fsp3) is 0.792. The molecule has 342 valence electrons. The summed E-state index contributed by atoms with van der Waals surface area (Å²) >= 11 is 0. The van der Waals surface area contributed by atoms with Crippen LogP contribution < -0.4 is 0 Å². The Kier molecular flexibility index (Phi) is 45.9. The highest BCUT2D eigenvalue weighted by molar-refractivity contribution is 5.72. The smallest absolute Gasteiger partial charge is 0.309 e. The summed E-state index contributed by atoms with van der Waals surface area (Å²) in [5, 5.41) is 0. The molecule has 0 radical (unpaired) electrons. The van der Waals surface area contributed by atoms with Crippen molar-refractivity contribution < 1.29 is 28.6 Å². The maximum atomic E-state index is 12.7. The van der Waals surface area contributed by atoms with Crippen molar-refractivity contribution in [1.29, 1.82) is 0 Å². The SMILES string of the molecule is CC/C=C\C/C=C\C/C=C\CC(=O)OCC(COC(=O)CCCCCCCCC/C=C\CCCCCCCCCC)OC(=O)CCCCCCCCCCCCCCC. The van der Waals surface area contributed by atoms with Crippen LogP contribution in [0.1, 0.15) is 252 Å². The van der Waals surface area contributed by atoms with E-state index >= 15 is 0 Å². The summed E-state index contributed by atoms with van der Waals surface area (Å²) in [4.78, 5) is 37.7. The number of unbranched alkanes of at least 4 members (excludes halogenated alkanes) is 27. The third kappa shape index (κ3) is 46.3. The number of allylic oxidation sites excluding steroid dienone is 7. The van der Waals surface area contributed by atoms with Crippen LogP contribution in [0.15, 0.2) is 48.6 Å². The molecule has 0 aromatic heterocycles. The lowest BCUT2D eigenvalue weighted by Crippen LogP contribution is -2.30. The van der Waals surface area contributed by atoms with E-state index in [-0.39, 0.29) is 31.6 Å². The van der Waals surface area contributed by atoms with Crippen LogP contribution in [0, 0.1) is 0 Å². The van der Waals surface area contributed by atoms with E-state index in [4.69, 9.17) is 14.2 Å². The molecule has 0 aromatic carbocycles. The number of carbonyl (C=O) groups excluding carboxylic acids is 3. The molecule has 0 N–H and O–H groups in total. The van der Waals surface area contributed by atoms with Crippen LogP contribution in [0.5, 0.6) is 0 Å². The quantitative estimate of drug-likeness (QED) is 0.0263. The Morgan fingerprint density at radius 3 is 1.17 bits per heavy atom. The fourth-order valence-electron chi connectivity index (χ4n) is 7.09. The molecule has 0 aliphatic heterocycles. The summed E-state index contributed by atoms with van der Waals surface area (Å²) in [5.74, 6) is -1.03. The standard InChI is InChI=1S/C53H94O6/c1-4-7-10-13-16-19-21-23-24-25-26-27-28-30-31-34-37-40-43-46-52(55)58-49-50(48-57-51(54)45-42-39-36-33-18-15-12-9-6-3)59-53(56)47-44-41-38-35-32-29-22-20-17-14-11-8-5-2/h9,12,18,25-26,33,39,42,50H,4-8,10-11,13-17,19-24,27-32,34-38,40-41,43-49H2,1-3H3/b12-9-,26-25-,33-18-,42-39-. The summed E-state index contributed by atoms with van der Waals surface area (Å²) in [5.41, 5.74) is 0. The Bertz CT molecular complexity index is 1040. The van der Waals surface area contributed by atoms with E-state index in [1.165, 1.54) is 154 Å². The summed E-state index contributed by atoms with van der Waals surface area (Å²) in [7, 11) is 0. The fourth-order valence-corrected chi connectivity index (χ4v) is 7.09.